The van der Waals surface area contributed by atoms with Crippen molar-refractivity contribution < 1.29 is 13.6 Å². The number of carbonyl (C=O) groups excluding carboxylic acids is 1. The van der Waals surface area contributed by atoms with E-state index in [4.69, 9.17) is 8.83 Å². The summed E-state index contributed by atoms with van der Waals surface area (Å²) in [5, 5.41) is 8.06. The largest absolute Gasteiger partial charge is 0.436 e. The molecule has 7 nitrogen and oxygen atoms in total. The lowest BCUT2D eigenvalue weighted by Crippen LogP contribution is -2.39. The lowest BCUT2D eigenvalue weighted by atomic mass is 9.93. The monoisotopic (exact) mass is 338 g/mol. The average molecular weight is 338 g/mol. The second-order valence-electron chi connectivity index (χ2n) is 6.23. The molecule has 1 aliphatic rings. The first-order valence-corrected chi connectivity index (χ1v) is 8.14. The van der Waals surface area contributed by atoms with E-state index in [-0.39, 0.29) is 17.7 Å². The van der Waals surface area contributed by atoms with E-state index in [1.165, 1.54) is 5.56 Å². The lowest BCUT2D eigenvalue weighted by Gasteiger charge is -2.34. The molecule has 0 spiro atoms. The number of fused-ring (bicyclic) bond motifs is 1. The van der Waals surface area contributed by atoms with Gasteiger partial charge >= 0.3 is 0 Å². The molecule has 128 valence electrons. The van der Waals surface area contributed by atoms with Crippen molar-refractivity contribution in [3.8, 4) is 0 Å². The highest BCUT2D eigenvalue weighted by molar-refractivity contribution is 5.92. The molecular weight excluding hydrogens is 320 g/mol. The predicted molar refractivity (Wildman–Crippen MR) is 87.8 cm³/mol. The third kappa shape index (κ3) is 2.71. The molecule has 2 aromatic heterocycles. The summed E-state index contributed by atoms with van der Waals surface area (Å²) in [6.07, 6.45) is 0.621. The summed E-state index contributed by atoms with van der Waals surface area (Å²) in [5.41, 5.74) is 2.87. The molecule has 7 heteroatoms. The van der Waals surface area contributed by atoms with Gasteiger partial charge in [0.15, 0.2) is 5.89 Å². The van der Waals surface area contributed by atoms with E-state index in [0.717, 1.165) is 5.56 Å². The predicted octanol–water partition coefficient (Wildman–Crippen LogP) is 2.92. The van der Waals surface area contributed by atoms with E-state index in [1.807, 2.05) is 18.2 Å². The molecule has 1 unspecified atom stereocenters. The Bertz CT molecular complexity index is 943. The molecule has 1 atom stereocenters. The highest BCUT2D eigenvalue weighted by atomic mass is 16.4. The van der Waals surface area contributed by atoms with Gasteiger partial charge in [-0.15, -0.1) is 10.2 Å². The first-order chi connectivity index (χ1) is 12.0. The fourth-order valence-corrected chi connectivity index (χ4v) is 3.26. The minimum absolute atomic E-state index is 0.214. The molecule has 25 heavy (non-hydrogen) atoms. The van der Waals surface area contributed by atoms with Crippen LogP contribution in [0.25, 0.3) is 0 Å². The number of oxazole rings is 1. The summed E-state index contributed by atoms with van der Waals surface area (Å²) >= 11 is 0. The number of hydrogen-bond acceptors (Lipinski definition) is 6. The van der Waals surface area contributed by atoms with Gasteiger partial charge in [0.05, 0.1) is 5.69 Å². The summed E-state index contributed by atoms with van der Waals surface area (Å²) < 4.78 is 11.2. The molecule has 0 bridgehead atoms. The fraction of sp³-hybridized carbons (Fsp3) is 0.333. The Labute approximate surface area is 144 Å². The van der Waals surface area contributed by atoms with Crippen molar-refractivity contribution in [2.45, 2.75) is 39.8 Å². The number of rotatable bonds is 2. The Morgan fingerprint density at radius 3 is 2.48 bits per heavy atom. The Morgan fingerprint density at radius 1 is 1.08 bits per heavy atom. The molecule has 3 heterocycles. The fourth-order valence-electron chi connectivity index (χ4n) is 3.26. The normalized spacial score (nSPS) is 16.8. The van der Waals surface area contributed by atoms with Crippen molar-refractivity contribution >= 4 is 5.91 Å². The maximum Gasteiger partial charge on any atom is 0.292 e. The van der Waals surface area contributed by atoms with Gasteiger partial charge in [0.1, 0.15) is 6.04 Å². The molecule has 3 aromatic rings. The maximum atomic E-state index is 13.1. The third-order valence-electron chi connectivity index (χ3n) is 4.43. The van der Waals surface area contributed by atoms with Crippen LogP contribution in [0.3, 0.4) is 0 Å². The molecule has 1 aromatic carbocycles. The van der Waals surface area contributed by atoms with Crippen LogP contribution in [0.5, 0.6) is 0 Å². The quantitative estimate of drug-likeness (QED) is 0.714. The van der Waals surface area contributed by atoms with Crippen molar-refractivity contribution in [3.63, 3.8) is 0 Å². The molecule has 0 N–H and O–H groups in total. The van der Waals surface area contributed by atoms with Crippen molar-refractivity contribution in [1.29, 1.82) is 0 Å². The molecule has 0 saturated heterocycles. The molecule has 0 fully saturated rings. The van der Waals surface area contributed by atoms with E-state index in [0.29, 0.717) is 36.3 Å². The minimum Gasteiger partial charge on any atom is -0.436 e. The lowest BCUT2D eigenvalue weighted by molar-refractivity contribution is 0.0567. The van der Waals surface area contributed by atoms with Gasteiger partial charge in [0, 0.05) is 26.8 Å². The zero-order chi connectivity index (χ0) is 17.6. The zero-order valence-corrected chi connectivity index (χ0v) is 14.3. The third-order valence-corrected chi connectivity index (χ3v) is 4.43. The topological polar surface area (TPSA) is 85.3 Å². The van der Waals surface area contributed by atoms with E-state index in [2.05, 4.69) is 21.2 Å². The summed E-state index contributed by atoms with van der Waals surface area (Å²) in [6, 6.07) is 7.74. The van der Waals surface area contributed by atoms with Crippen LogP contribution >= 0.6 is 0 Å². The summed E-state index contributed by atoms with van der Waals surface area (Å²) in [4.78, 5) is 19.1. The second kappa shape index (κ2) is 5.84. The Balaban J connectivity index is 1.77. The van der Waals surface area contributed by atoms with Gasteiger partial charge in [-0.1, -0.05) is 24.3 Å². The van der Waals surface area contributed by atoms with E-state index < -0.39 is 0 Å². The molecule has 0 radical (unpaired) electrons. The van der Waals surface area contributed by atoms with Crippen LogP contribution in [0.2, 0.25) is 0 Å². The number of amides is 1. The van der Waals surface area contributed by atoms with E-state index in [1.54, 1.807) is 25.7 Å². The number of benzene rings is 1. The number of aromatic nitrogens is 3. The van der Waals surface area contributed by atoms with Crippen molar-refractivity contribution in [1.82, 2.24) is 20.1 Å². The van der Waals surface area contributed by atoms with Gasteiger partial charge in [-0.25, -0.2) is 4.98 Å². The second-order valence-corrected chi connectivity index (χ2v) is 6.23. The van der Waals surface area contributed by atoms with E-state index >= 15 is 0 Å². The first kappa shape index (κ1) is 15.6. The van der Waals surface area contributed by atoms with Gasteiger partial charge < -0.3 is 13.7 Å². The number of carbonyl (C=O) groups is 1. The van der Waals surface area contributed by atoms with Crippen LogP contribution in [0.1, 0.15) is 51.1 Å². The first-order valence-electron chi connectivity index (χ1n) is 8.14. The van der Waals surface area contributed by atoms with Gasteiger partial charge in [-0.05, 0) is 18.1 Å². The molecule has 1 aliphatic heterocycles. The van der Waals surface area contributed by atoms with Crippen molar-refractivity contribution in [3.05, 3.63) is 64.5 Å². The number of aryl methyl sites for hydroxylation is 3. The zero-order valence-electron chi connectivity index (χ0n) is 14.3. The van der Waals surface area contributed by atoms with Crippen molar-refractivity contribution in [2.75, 3.05) is 0 Å². The van der Waals surface area contributed by atoms with Gasteiger partial charge in [0.2, 0.25) is 17.5 Å². The minimum atomic E-state index is -0.326. The van der Waals surface area contributed by atoms with Crippen LogP contribution in [-0.4, -0.2) is 26.0 Å². The molecule has 0 aliphatic carbocycles. The average Bonchev–Trinajstić information content (AvgIpc) is 3.18. The maximum absolute atomic E-state index is 13.1. The highest BCUT2D eigenvalue weighted by Crippen LogP contribution is 2.34. The molecule has 1 amide bonds. The number of nitrogens with zero attached hydrogens (tertiary/aromatic N) is 4. The van der Waals surface area contributed by atoms with Gasteiger partial charge in [0.25, 0.3) is 5.91 Å². The standard InChI is InChI=1S/C18H18N4O3/c1-10-16(24-11(2)19-10)18(23)22-9-14-7-5-4-6-13(14)8-15(22)17-21-20-12(3)25-17/h4-7,15H,8-9H2,1-3H3. The van der Waals surface area contributed by atoms with Crippen LogP contribution in [0.4, 0.5) is 0 Å². The van der Waals surface area contributed by atoms with Crippen LogP contribution < -0.4 is 0 Å². The van der Waals surface area contributed by atoms with Crippen molar-refractivity contribution in [2.24, 2.45) is 0 Å². The summed E-state index contributed by atoms with van der Waals surface area (Å²) in [6.45, 7) is 5.70. The Morgan fingerprint density at radius 2 is 1.84 bits per heavy atom. The summed E-state index contributed by atoms with van der Waals surface area (Å²) in [5.74, 6) is 1.44. The van der Waals surface area contributed by atoms with Gasteiger partial charge in [-0.2, -0.15) is 0 Å². The van der Waals surface area contributed by atoms with Crippen LogP contribution in [0, 0.1) is 20.8 Å². The molecule has 4 rings (SSSR count). The van der Waals surface area contributed by atoms with Crippen LogP contribution in [0.15, 0.2) is 33.1 Å². The highest BCUT2D eigenvalue weighted by Gasteiger charge is 2.36. The SMILES string of the molecule is Cc1nnc(C2Cc3ccccc3CN2C(=O)c2oc(C)nc2C)o1. The summed E-state index contributed by atoms with van der Waals surface area (Å²) in [7, 11) is 0. The van der Waals surface area contributed by atoms with E-state index in [9.17, 15) is 4.79 Å². The number of hydrogen-bond donors (Lipinski definition) is 0. The Kier molecular flexibility index (Phi) is 3.63. The smallest absolute Gasteiger partial charge is 0.292 e. The van der Waals surface area contributed by atoms with Crippen LogP contribution in [-0.2, 0) is 13.0 Å². The molecular formula is C18H18N4O3. The van der Waals surface area contributed by atoms with Gasteiger partial charge in [-0.3, -0.25) is 4.79 Å². The molecule has 0 saturated carbocycles. The Hall–Kier alpha value is -2.96.